The van der Waals surface area contributed by atoms with Crippen LogP contribution in [0, 0.1) is 12.3 Å². The molecule has 0 fully saturated rings. The van der Waals surface area contributed by atoms with E-state index in [1.807, 2.05) is 0 Å². The topological polar surface area (TPSA) is 84.2 Å². The number of terminal acetylenes is 1. The number of amides is 2. The van der Waals surface area contributed by atoms with Crippen molar-refractivity contribution in [2.24, 2.45) is 5.73 Å². The van der Waals surface area contributed by atoms with Gasteiger partial charge in [0.1, 0.15) is 0 Å². The normalized spacial score (nSPS) is 8.85. The predicted octanol–water partition coefficient (Wildman–Crippen LogP) is -1.80. The molecule has 0 saturated carbocycles. The van der Waals surface area contributed by atoms with Crippen LogP contribution in [-0.2, 0) is 9.59 Å². The molecule has 0 saturated heterocycles. The molecular weight excluding hydrogens is 170 g/mol. The lowest BCUT2D eigenvalue weighted by atomic mass is 10.4. The van der Waals surface area contributed by atoms with Crippen molar-refractivity contribution in [1.29, 1.82) is 0 Å². The smallest absolute Gasteiger partial charge is 0.233 e. The van der Waals surface area contributed by atoms with Gasteiger partial charge < -0.3 is 11.1 Å². The van der Waals surface area contributed by atoms with Gasteiger partial charge in [0.2, 0.25) is 11.8 Å². The molecule has 0 aromatic carbocycles. The summed E-state index contributed by atoms with van der Waals surface area (Å²) in [4.78, 5) is 21.2. The zero-order valence-electron chi connectivity index (χ0n) is 7.30. The zero-order valence-corrected chi connectivity index (χ0v) is 7.30. The average molecular weight is 183 g/mol. The highest BCUT2D eigenvalue weighted by atomic mass is 16.2. The highest BCUT2D eigenvalue weighted by Gasteiger charge is 1.99. The van der Waals surface area contributed by atoms with E-state index >= 15 is 0 Å². The fourth-order valence-corrected chi connectivity index (χ4v) is 0.636. The zero-order chi connectivity index (χ0) is 10.1. The molecule has 0 aliphatic carbocycles. The molecule has 0 aromatic heterocycles. The Balaban J connectivity index is 3.31. The van der Waals surface area contributed by atoms with E-state index in [2.05, 4.69) is 16.6 Å². The number of hydrogen-bond acceptors (Lipinski definition) is 3. The molecule has 0 aromatic rings. The van der Waals surface area contributed by atoms with E-state index in [0.717, 1.165) is 0 Å². The number of primary amides is 1. The molecule has 0 bridgehead atoms. The molecule has 5 nitrogen and oxygen atoms in total. The lowest BCUT2D eigenvalue weighted by molar-refractivity contribution is -0.120. The molecule has 0 radical (unpaired) electrons. The number of carbonyl (C=O) groups is 2. The molecule has 0 spiro atoms. The first-order chi connectivity index (χ1) is 6.16. The fraction of sp³-hybridized carbons (Fsp3) is 0.500. The van der Waals surface area contributed by atoms with Crippen LogP contribution in [0.5, 0.6) is 0 Å². The van der Waals surface area contributed by atoms with Crippen LogP contribution >= 0.6 is 0 Å². The van der Waals surface area contributed by atoms with Gasteiger partial charge >= 0.3 is 0 Å². The Bertz CT molecular complexity index is 220. The van der Waals surface area contributed by atoms with Crippen LogP contribution < -0.4 is 16.4 Å². The lowest BCUT2D eigenvalue weighted by Crippen LogP contribution is -2.35. The first-order valence-corrected chi connectivity index (χ1v) is 3.86. The third kappa shape index (κ3) is 8.37. The minimum absolute atomic E-state index is 0.154. The van der Waals surface area contributed by atoms with Crippen molar-refractivity contribution in [1.82, 2.24) is 10.6 Å². The van der Waals surface area contributed by atoms with Gasteiger partial charge in [-0.05, 0) is 0 Å². The summed E-state index contributed by atoms with van der Waals surface area (Å²) in [6.45, 7) is 0.776. The highest BCUT2D eigenvalue weighted by Crippen LogP contribution is 1.72. The average Bonchev–Trinajstić information content (AvgIpc) is 2.04. The van der Waals surface area contributed by atoms with Crippen LogP contribution in [0.3, 0.4) is 0 Å². The van der Waals surface area contributed by atoms with E-state index in [1.165, 1.54) is 0 Å². The minimum Gasteiger partial charge on any atom is -0.370 e. The van der Waals surface area contributed by atoms with Gasteiger partial charge in [-0.1, -0.05) is 5.92 Å². The van der Waals surface area contributed by atoms with Crippen LogP contribution in [0.4, 0.5) is 0 Å². The van der Waals surface area contributed by atoms with E-state index in [0.29, 0.717) is 6.54 Å². The summed E-state index contributed by atoms with van der Waals surface area (Å²) in [7, 11) is 0. The molecule has 0 aliphatic heterocycles. The summed E-state index contributed by atoms with van der Waals surface area (Å²) in [5.41, 5.74) is 4.87. The highest BCUT2D eigenvalue weighted by molar-refractivity contribution is 5.79. The number of nitrogens with two attached hydrogens (primary N) is 1. The Morgan fingerprint density at radius 2 is 2.15 bits per heavy atom. The van der Waals surface area contributed by atoms with E-state index < -0.39 is 5.91 Å². The number of nitrogens with one attached hydrogen (secondary N) is 2. The lowest BCUT2D eigenvalue weighted by Gasteiger charge is -2.02. The summed E-state index contributed by atoms with van der Waals surface area (Å²) in [6.07, 6.45) is 5.10. The monoisotopic (exact) mass is 183 g/mol. The van der Waals surface area contributed by atoms with Gasteiger partial charge in [-0.2, -0.15) is 0 Å². The SMILES string of the molecule is C#CCNCC(=O)NCCC(N)=O. The molecule has 13 heavy (non-hydrogen) atoms. The van der Waals surface area contributed by atoms with Gasteiger partial charge in [0, 0.05) is 13.0 Å². The second kappa shape index (κ2) is 7.13. The van der Waals surface area contributed by atoms with E-state index in [4.69, 9.17) is 12.2 Å². The van der Waals surface area contributed by atoms with Gasteiger partial charge in [-0.15, -0.1) is 6.42 Å². The van der Waals surface area contributed by atoms with Crippen LogP contribution in [0.1, 0.15) is 6.42 Å². The molecule has 0 heterocycles. The maximum absolute atomic E-state index is 10.9. The standard InChI is InChI=1S/C8H13N3O2/c1-2-4-10-6-8(13)11-5-3-7(9)12/h1,10H,3-6H2,(H2,9,12)(H,11,13). The summed E-state index contributed by atoms with van der Waals surface area (Å²) < 4.78 is 0. The minimum atomic E-state index is -0.433. The molecule has 0 atom stereocenters. The van der Waals surface area contributed by atoms with Crippen molar-refractivity contribution in [3.05, 3.63) is 0 Å². The number of rotatable bonds is 6. The van der Waals surface area contributed by atoms with Crippen molar-refractivity contribution in [2.75, 3.05) is 19.6 Å². The van der Waals surface area contributed by atoms with Crippen LogP contribution in [0.2, 0.25) is 0 Å². The first-order valence-electron chi connectivity index (χ1n) is 3.86. The van der Waals surface area contributed by atoms with Gasteiger partial charge in [-0.3, -0.25) is 14.9 Å². The van der Waals surface area contributed by atoms with Gasteiger partial charge in [0.25, 0.3) is 0 Å². The quantitative estimate of drug-likeness (QED) is 0.335. The molecule has 2 amide bonds. The molecule has 0 aliphatic rings. The third-order valence-electron chi connectivity index (χ3n) is 1.21. The Morgan fingerprint density at radius 1 is 1.46 bits per heavy atom. The van der Waals surface area contributed by atoms with E-state index in [9.17, 15) is 9.59 Å². The Labute approximate surface area is 77.1 Å². The van der Waals surface area contributed by atoms with Crippen LogP contribution in [0.25, 0.3) is 0 Å². The summed E-state index contributed by atoms with van der Waals surface area (Å²) in [5, 5.41) is 5.21. The number of carbonyl (C=O) groups excluding carboxylic acids is 2. The van der Waals surface area contributed by atoms with Crippen molar-refractivity contribution < 1.29 is 9.59 Å². The first kappa shape index (κ1) is 11.5. The molecular formula is C8H13N3O2. The number of hydrogen-bond donors (Lipinski definition) is 3. The summed E-state index contributed by atoms with van der Waals surface area (Å²) in [6, 6.07) is 0. The van der Waals surface area contributed by atoms with E-state index in [-0.39, 0.29) is 25.4 Å². The van der Waals surface area contributed by atoms with Gasteiger partial charge in [-0.25, -0.2) is 0 Å². The molecule has 0 rings (SSSR count). The Hall–Kier alpha value is -1.54. The van der Waals surface area contributed by atoms with Gasteiger partial charge in [0.15, 0.2) is 0 Å². The molecule has 72 valence electrons. The van der Waals surface area contributed by atoms with Crippen LogP contribution in [0.15, 0.2) is 0 Å². The largest absolute Gasteiger partial charge is 0.370 e. The Morgan fingerprint density at radius 3 is 2.69 bits per heavy atom. The summed E-state index contributed by atoms with van der Waals surface area (Å²) >= 11 is 0. The fourth-order valence-electron chi connectivity index (χ4n) is 0.636. The molecule has 5 heteroatoms. The predicted molar refractivity (Wildman–Crippen MR) is 48.5 cm³/mol. The van der Waals surface area contributed by atoms with Crippen molar-refractivity contribution in [3.8, 4) is 12.3 Å². The summed E-state index contributed by atoms with van der Waals surface area (Å²) in [5.74, 6) is 1.70. The van der Waals surface area contributed by atoms with Gasteiger partial charge in [0.05, 0.1) is 13.1 Å². The van der Waals surface area contributed by atoms with E-state index in [1.54, 1.807) is 0 Å². The maximum atomic E-state index is 10.9. The molecule has 4 N–H and O–H groups in total. The Kier molecular flexibility index (Phi) is 6.28. The van der Waals surface area contributed by atoms with Crippen molar-refractivity contribution >= 4 is 11.8 Å². The molecule has 0 unspecified atom stereocenters. The second-order valence-corrected chi connectivity index (χ2v) is 2.37. The third-order valence-corrected chi connectivity index (χ3v) is 1.21. The van der Waals surface area contributed by atoms with Crippen LogP contribution in [-0.4, -0.2) is 31.4 Å². The maximum Gasteiger partial charge on any atom is 0.233 e. The van der Waals surface area contributed by atoms with Crippen molar-refractivity contribution in [2.45, 2.75) is 6.42 Å². The second-order valence-electron chi connectivity index (χ2n) is 2.37. The van der Waals surface area contributed by atoms with Crippen molar-refractivity contribution in [3.63, 3.8) is 0 Å².